The number of hydrogen-bond donors (Lipinski definition) is 2. The maximum atomic E-state index is 13.1. The molecule has 2 amide bonds. The van der Waals surface area contributed by atoms with Crippen LogP contribution in [0.1, 0.15) is 42.6 Å². The molecule has 3 aromatic rings. The van der Waals surface area contributed by atoms with E-state index in [2.05, 4.69) is 15.5 Å². The molecule has 1 atom stereocenters. The normalized spacial score (nSPS) is 14.7. The number of carbonyl (C=O) groups is 3. The zero-order chi connectivity index (χ0) is 29.6. The number of halogens is 3. The highest BCUT2D eigenvalue weighted by Gasteiger charge is 2.30. The van der Waals surface area contributed by atoms with Crippen molar-refractivity contribution in [3.63, 3.8) is 0 Å². The number of amides is 2. The first-order valence-corrected chi connectivity index (χ1v) is 13.5. The maximum Gasteiger partial charge on any atom is 0.416 e. The van der Waals surface area contributed by atoms with Crippen LogP contribution in [0.5, 0.6) is 0 Å². The van der Waals surface area contributed by atoms with Gasteiger partial charge in [0.1, 0.15) is 6.04 Å². The number of hydrogen-bond acceptors (Lipinski definition) is 5. The summed E-state index contributed by atoms with van der Waals surface area (Å²) >= 11 is 0. The molecule has 0 aromatic heterocycles. The summed E-state index contributed by atoms with van der Waals surface area (Å²) in [6.07, 6.45) is -3.16. The highest BCUT2D eigenvalue weighted by molar-refractivity contribution is 6.08. The quantitative estimate of drug-likeness (QED) is 0.331. The fraction of sp³-hybridized carbons (Fsp3) is 0.323. The fourth-order valence-electron chi connectivity index (χ4n) is 4.78. The molecule has 2 N–H and O–H groups in total. The van der Waals surface area contributed by atoms with Gasteiger partial charge >= 0.3 is 12.1 Å². The minimum absolute atomic E-state index is 0.153. The lowest BCUT2D eigenvalue weighted by Gasteiger charge is -2.33. The van der Waals surface area contributed by atoms with Crippen LogP contribution in [0.15, 0.2) is 72.8 Å². The van der Waals surface area contributed by atoms with Crippen LogP contribution in [0, 0.1) is 5.92 Å². The molecule has 0 aliphatic carbocycles. The van der Waals surface area contributed by atoms with Gasteiger partial charge in [0.05, 0.1) is 12.2 Å². The second-order valence-corrected chi connectivity index (χ2v) is 9.87. The average Bonchev–Trinajstić information content (AvgIpc) is 2.97. The molecule has 41 heavy (non-hydrogen) atoms. The van der Waals surface area contributed by atoms with Gasteiger partial charge in [-0.3, -0.25) is 9.59 Å². The lowest BCUT2D eigenvalue weighted by atomic mass is 9.95. The van der Waals surface area contributed by atoms with Crippen molar-refractivity contribution in [1.82, 2.24) is 5.32 Å². The van der Waals surface area contributed by atoms with Crippen LogP contribution in [0.4, 0.5) is 24.5 Å². The Hall–Kier alpha value is -4.34. The summed E-state index contributed by atoms with van der Waals surface area (Å²) in [6.45, 7) is 4.92. The van der Waals surface area contributed by atoms with E-state index in [0.717, 1.165) is 17.8 Å². The topological polar surface area (TPSA) is 87.7 Å². The Labute approximate surface area is 236 Å². The molecule has 0 bridgehead atoms. The van der Waals surface area contributed by atoms with Crippen molar-refractivity contribution in [3.8, 4) is 11.1 Å². The van der Waals surface area contributed by atoms with E-state index in [9.17, 15) is 27.6 Å². The summed E-state index contributed by atoms with van der Waals surface area (Å²) in [5, 5.41) is 5.60. The summed E-state index contributed by atoms with van der Waals surface area (Å²) in [5.41, 5.74) is 2.15. The van der Waals surface area contributed by atoms with E-state index in [1.807, 2.05) is 12.1 Å². The first-order chi connectivity index (χ1) is 19.6. The Morgan fingerprint density at radius 2 is 1.59 bits per heavy atom. The van der Waals surface area contributed by atoms with Gasteiger partial charge < -0.3 is 20.3 Å². The highest BCUT2D eigenvalue weighted by atomic mass is 19.4. The zero-order valence-corrected chi connectivity index (χ0v) is 22.8. The predicted molar refractivity (Wildman–Crippen MR) is 150 cm³/mol. The average molecular weight is 568 g/mol. The smallest absolute Gasteiger partial charge is 0.416 e. The van der Waals surface area contributed by atoms with Crippen LogP contribution in [0.25, 0.3) is 11.1 Å². The zero-order valence-electron chi connectivity index (χ0n) is 22.8. The molecule has 216 valence electrons. The Bertz CT molecular complexity index is 1370. The second kappa shape index (κ2) is 12.9. The molecule has 3 aromatic carbocycles. The van der Waals surface area contributed by atoms with Crippen molar-refractivity contribution in [3.05, 3.63) is 83.9 Å². The molecule has 0 radical (unpaired) electrons. The van der Waals surface area contributed by atoms with Gasteiger partial charge in [-0.25, -0.2) is 4.79 Å². The van der Waals surface area contributed by atoms with Gasteiger partial charge in [0.25, 0.3) is 5.91 Å². The van der Waals surface area contributed by atoms with E-state index in [-0.39, 0.29) is 24.3 Å². The molecule has 0 spiro atoms. The Morgan fingerprint density at radius 3 is 2.20 bits per heavy atom. The molecule has 1 fully saturated rings. The van der Waals surface area contributed by atoms with Crippen molar-refractivity contribution >= 4 is 29.2 Å². The SMILES string of the molecule is CCOC(=O)[C@H](C)NC(=O)C1CCN(c2ccc(NC(=O)c3ccccc3-c3ccc(C(F)(F)F)cc3)cc2)CC1. The van der Waals surface area contributed by atoms with Gasteiger partial charge in [0, 0.05) is 35.9 Å². The summed E-state index contributed by atoms with van der Waals surface area (Å²) in [4.78, 5) is 39.6. The van der Waals surface area contributed by atoms with E-state index < -0.39 is 23.8 Å². The van der Waals surface area contributed by atoms with Crippen molar-refractivity contribution in [2.75, 3.05) is 29.9 Å². The van der Waals surface area contributed by atoms with Crippen LogP contribution < -0.4 is 15.5 Å². The number of ether oxygens (including phenoxy) is 1. The molecule has 0 unspecified atom stereocenters. The Balaban J connectivity index is 1.35. The molecule has 10 heteroatoms. The molecule has 7 nitrogen and oxygen atoms in total. The van der Waals surface area contributed by atoms with E-state index >= 15 is 0 Å². The van der Waals surface area contributed by atoms with Crippen molar-refractivity contribution in [2.45, 2.75) is 38.9 Å². The molecular weight excluding hydrogens is 535 g/mol. The maximum absolute atomic E-state index is 13.1. The molecule has 0 saturated carbocycles. The molecule has 1 aliphatic rings. The number of piperidine rings is 1. The van der Waals surface area contributed by atoms with Gasteiger partial charge in [0.2, 0.25) is 5.91 Å². The van der Waals surface area contributed by atoms with E-state index in [1.54, 1.807) is 50.2 Å². The fourth-order valence-corrected chi connectivity index (χ4v) is 4.78. The lowest BCUT2D eigenvalue weighted by molar-refractivity contribution is -0.147. The van der Waals surface area contributed by atoms with Gasteiger partial charge in [-0.05, 0) is 80.3 Å². The van der Waals surface area contributed by atoms with Gasteiger partial charge in [-0.15, -0.1) is 0 Å². The van der Waals surface area contributed by atoms with Gasteiger partial charge in [-0.2, -0.15) is 13.2 Å². The number of alkyl halides is 3. The number of nitrogens with zero attached hydrogens (tertiary/aromatic N) is 1. The molecule has 1 heterocycles. The van der Waals surface area contributed by atoms with Crippen LogP contribution >= 0.6 is 0 Å². The molecular formula is C31H32F3N3O4. The molecule has 1 saturated heterocycles. The third-order valence-corrected chi connectivity index (χ3v) is 7.05. The minimum Gasteiger partial charge on any atom is -0.464 e. The number of carbonyl (C=O) groups excluding carboxylic acids is 3. The first-order valence-electron chi connectivity index (χ1n) is 13.5. The van der Waals surface area contributed by atoms with Crippen molar-refractivity contribution in [1.29, 1.82) is 0 Å². The number of esters is 1. The Morgan fingerprint density at radius 1 is 0.951 bits per heavy atom. The van der Waals surface area contributed by atoms with Gasteiger partial charge in [-0.1, -0.05) is 30.3 Å². The van der Waals surface area contributed by atoms with Crippen molar-refractivity contribution < 1.29 is 32.3 Å². The van der Waals surface area contributed by atoms with Crippen LogP contribution in [0.3, 0.4) is 0 Å². The lowest BCUT2D eigenvalue weighted by Crippen LogP contribution is -2.46. The second-order valence-electron chi connectivity index (χ2n) is 9.87. The number of rotatable bonds is 8. The number of nitrogens with one attached hydrogen (secondary N) is 2. The predicted octanol–water partition coefficient (Wildman–Crippen LogP) is 5.91. The standard InChI is InChI=1S/C31H32F3N3O4/c1-3-41-30(40)20(2)35-28(38)22-16-18-37(19-17-22)25-14-12-24(13-15-25)36-29(39)27-7-5-4-6-26(27)21-8-10-23(11-9-21)31(32,33)34/h4-15,20,22H,3,16-19H2,1-2H3,(H,35,38)(H,36,39)/t20-/m0/s1. The van der Waals surface area contributed by atoms with Crippen molar-refractivity contribution in [2.24, 2.45) is 5.92 Å². The largest absolute Gasteiger partial charge is 0.464 e. The monoisotopic (exact) mass is 567 g/mol. The summed E-state index contributed by atoms with van der Waals surface area (Å²) in [7, 11) is 0. The van der Waals surface area contributed by atoms with Crippen LogP contribution in [-0.2, 0) is 20.5 Å². The van der Waals surface area contributed by atoms with E-state index in [0.29, 0.717) is 48.3 Å². The minimum atomic E-state index is -4.43. The van der Waals surface area contributed by atoms with E-state index in [4.69, 9.17) is 4.74 Å². The number of benzene rings is 3. The van der Waals surface area contributed by atoms with Crippen LogP contribution in [-0.4, -0.2) is 43.5 Å². The molecule has 1 aliphatic heterocycles. The van der Waals surface area contributed by atoms with Crippen LogP contribution in [0.2, 0.25) is 0 Å². The molecule has 4 rings (SSSR count). The van der Waals surface area contributed by atoms with E-state index in [1.165, 1.54) is 12.1 Å². The van der Waals surface area contributed by atoms with Gasteiger partial charge in [0.15, 0.2) is 0 Å². The summed E-state index contributed by atoms with van der Waals surface area (Å²) in [5.74, 6) is -1.17. The summed E-state index contributed by atoms with van der Waals surface area (Å²) < 4.78 is 43.8. The first kappa shape index (κ1) is 29.6. The third kappa shape index (κ3) is 7.45. The Kier molecular flexibility index (Phi) is 9.31. The number of anilines is 2. The highest BCUT2D eigenvalue weighted by Crippen LogP contribution is 2.32. The third-order valence-electron chi connectivity index (χ3n) is 7.05. The summed E-state index contributed by atoms with van der Waals surface area (Å²) in [6, 6.07) is 18.1.